The van der Waals surface area contributed by atoms with Gasteiger partial charge in [-0.05, 0) is 64.7 Å². The van der Waals surface area contributed by atoms with Gasteiger partial charge in [-0.3, -0.25) is 4.57 Å². The fourth-order valence-corrected chi connectivity index (χ4v) is 7.98. The van der Waals surface area contributed by atoms with Gasteiger partial charge in [0.25, 0.3) is 0 Å². The van der Waals surface area contributed by atoms with Crippen LogP contribution in [0.25, 0.3) is 89.1 Å². The Kier molecular flexibility index (Phi) is 4.85. The van der Waals surface area contributed by atoms with Crippen LogP contribution < -0.4 is 10.4 Å². The second-order valence-corrected chi connectivity index (χ2v) is 13.6. The number of fused-ring (bicyclic) bond motifs is 9. The van der Waals surface area contributed by atoms with E-state index < -0.39 is 0 Å². The Hall–Kier alpha value is -6.22. The molecule has 2 aliphatic rings. The molecule has 4 nitrogen and oxygen atoms in total. The predicted molar refractivity (Wildman–Crippen MR) is 194 cm³/mol. The molecular weight excluding hydrogens is 587 g/mol. The highest BCUT2D eigenvalue weighted by Crippen LogP contribution is 2.50. The van der Waals surface area contributed by atoms with Crippen molar-refractivity contribution in [2.45, 2.75) is 19.3 Å². The standard InChI is InChI=1S/C44H27N3O/c1-44(2)34-14-8-13-33-39-32-12-4-6-16-38(32)48-43(39)47(41(33)34)37-20-19-28(24-35(37)44)40-31-11-3-5-15-36(31)45-42(46-40)29-10-7-9-25(21-29)26-17-18-27-23-30(27)22-26/h3-22,24H,1-2H3. The molecule has 0 amide bonds. The largest absolute Gasteiger partial charge is 0.439 e. The van der Waals surface area contributed by atoms with Crippen LogP contribution in [-0.2, 0) is 5.41 Å². The monoisotopic (exact) mass is 613 g/mol. The van der Waals surface area contributed by atoms with E-state index in [1.165, 1.54) is 43.4 Å². The maximum absolute atomic E-state index is 6.60. The SMILES string of the molecule is CC1(C)c2cc(-c3nc(-c4cccc(-c5ccc6c(c5)=C=6)c4)nc4ccccc34)ccc2-n2c3oc4ccccc4c3c3cccc1c32. The molecule has 0 fully saturated rings. The quantitative estimate of drug-likeness (QED) is 0.200. The van der Waals surface area contributed by atoms with Gasteiger partial charge in [-0.1, -0.05) is 98.8 Å². The van der Waals surface area contributed by atoms with Gasteiger partial charge in [0, 0.05) is 43.1 Å². The summed E-state index contributed by atoms with van der Waals surface area (Å²) in [5.74, 6) is 0.716. The van der Waals surface area contributed by atoms with Crippen molar-refractivity contribution >= 4 is 49.6 Å². The molecule has 224 valence electrons. The Morgan fingerprint density at radius 2 is 1.38 bits per heavy atom. The Morgan fingerprint density at radius 3 is 2.29 bits per heavy atom. The number of furan rings is 1. The molecule has 4 heteroatoms. The fourth-order valence-electron chi connectivity index (χ4n) is 7.98. The lowest BCUT2D eigenvalue weighted by Gasteiger charge is -2.34. The van der Waals surface area contributed by atoms with Crippen LogP contribution >= 0.6 is 0 Å². The van der Waals surface area contributed by atoms with Gasteiger partial charge < -0.3 is 4.42 Å². The molecule has 1 aliphatic carbocycles. The summed E-state index contributed by atoms with van der Waals surface area (Å²) in [6.07, 6.45) is 0. The summed E-state index contributed by atoms with van der Waals surface area (Å²) in [4.78, 5) is 10.4. The van der Waals surface area contributed by atoms with Crippen LogP contribution in [0.3, 0.4) is 0 Å². The minimum absolute atomic E-state index is 0.251. The Balaban J connectivity index is 1.13. The van der Waals surface area contributed by atoms with Crippen molar-refractivity contribution in [2.24, 2.45) is 0 Å². The first-order valence-electron chi connectivity index (χ1n) is 16.4. The third kappa shape index (κ3) is 3.44. The summed E-state index contributed by atoms with van der Waals surface area (Å²) in [7, 11) is 0. The van der Waals surface area contributed by atoms with Crippen molar-refractivity contribution in [3.05, 3.63) is 149 Å². The van der Waals surface area contributed by atoms with Gasteiger partial charge >= 0.3 is 0 Å². The minimum atomic E-state index is -0.251. The molecule has 0 bridgehead atoms. The van der Waals surface area contributed by atoms with Gasteiger partial charge in [-0.2, -0.15) is 0 Å². The smallest absolute Gasteiger partial charge is 0.213 e. The Morgan fingerprint density at radius 1 is 0.604 bits per heavy atom. The van der Waals surface area contributed by atoms with Gasteiger partial charge in [-0.15, -0.1) is 5.73 Å². The average Bonchev–Trinajstić information content (AvgIpc) is 3.71. The Labute approximate surface area is 275 Å². The normalized spacial score (nSPS) is 13.8. The minimum Gasteiger partial charge on any atom is -0.439 e. The molecule has 48 heavy (non-hydrogen) atoms. The van der Waals surface area contributed by atoms with Crippen LogP contribution in [0.2, 0.25) is 0 Å². The molecule has 0 atom stereocenters. The molecule has 0 unspecified atom stereocenters. The molecule has 0 saturated carbocycles. The number of para-hydroxylation sites is 3. The van der Waals surface area contributed by atoms with Crippen molar-refractivity contribution in [1.29, 1.82) is 0 Å². The number of nitrogens with zero attached hydrogens (tertiary/aromatic N) is 3. The summed E-state index contributed by atoms with van der Waals surface area (Å²) in [6.45, 7) is 4.67. The second-order valence-electron chi connectivity index (χ2n) is 13.6. The summed E-state index contributed by atoms with van der Waals surface area (Å²) in [5, 5.41) is 6.99. The Bertz CT molecular complexity index is 3030. The van der Waals surface area contributed by atoms with E-state index in [2.05, 4.69) is 139 Å². The zero-order valence-electron chi connectivity index (χ0n) is 26.4. The van der Waals surface area contributed by atoms with E-state index in [-0.39, 0.29) is 5.41 Å². The highest BCUT2D eigenvalue weighted by atomic mass is 16.3. The molecule has 0 saturated heterocycles. The van der Waals surface area contributed by atoms with E-state index in [4.69, 9.17) is 14.4 Å². The van der Waals surface area contributed by atoms with Crippen molar-refractivity contribution in [1.82, 2.24) is 14.5 Å². The second kappa shape index (κ2) is 8.98. The molecule has 3 aromatic heterocycles. The van der Waals surface area contributed by atoms with Gasteiger partial charge in [0.05, 0.1) is 27.8 Å². The molecule has 11 rings (SSSR count). The summed E-state index contributed by atoms with van der Waals surface area (Å²) in [5.41, 5.74) is 16.0. The number of aromatic nitrogens is 3. The maximum atomic E-state index is 6.60. The third-order valence-electron chi connectivity index (χ3n) is 10.5. The van der Waals surface area contributed by atoms with Gasteiger partial charge in [0.2, 0.25) is 5.71 Å². The number of rotatable bonds is 3. The predicted octanol–water partition coefficient (Wildman–Crippen LogP) is 9.18. The molecule has 1 aliphatic heterocycles. The van der Waals surface area contributed by atoms with E-state index in [9.17, 15) is 0 Å². The van der Waals surface area contributed by atoms with Crippen LogP contribution in [0.1, 0.15) is 25.0 Å². The van der Waals surface area contributed by atoms with E-state index in [1.54, 1.807) is 0 Å². The lowest BCUT2D eigenvalue weighted by molar-refractivity contribution is 0.612. The van der Waals surface area contributed by atoms with Crippen molar-refractivity contribution in [3.8, 4) is 39.5 Å². The van der Waals surface area contributed by atoms with Crippen molar-refractivity contribution < 1.29 is 4.42 Å². The summed E-state index contributed by atoms with van der Waals surface area (Å²) >= 11 is 0. The molecule has 4 heterocycles. The van der Waals surface area contributed by atoms with E-state index >= 15 is 0 Å². The van der Waals surface area contributed by atoms with Crippen LogP contribution in [0.15, 0.2) is 132 Å². The zero-order valence-corrected chi connectivity index (χ0v) is 26.4. The highest BCUT2D eigenvalue weighted by molar-refractivity contribution is 6.21. The maximum Gasteiger partial charge on any atom is 0.213 e. The molecule has 0 spiro atoms. The first-order valence-corrected chi connectivity index (χ1v) is 16.4. The first kappa shape index (κ1) is 25.9. The topological polar surface area (TPSA) is 43.9 Å². The lowest BCUT2D eigenvalue weighted by atomic mass is 9.74. The molecule has 0 radical (unpaired) electrons. The lowest BCUT2D eigenvalue weighted by Crippen LogP contribution is -2.26. The zero-order chi connectivity index (χ0) is 31.7. The van der Waals surface area contributed by atoms with Crippen LogP contribution in [0.4, 0.5) is 0 Å². The van der Waals surface area contributed by atoms with E-state index in [0.29, 0.717) is 5.82 Å². The summed E-state index contributed by atoms with van der Waals surface area (Å²) in [6, 6.07) is 45.2. The molecule has 0 N–H and O–H groups in total. The fraction of sp³-hybridized carbons (Fsp3) is 0.0682. The van der Waals surface area contributed by atoms with Gasteiger partial charge in [0.1, 0.15) is 5.58 Å². The van der Waals surface area contributed by atoms with Gasteiger partial charge in [0.15, 0.2) is 5.82 Å². The van der Waals surface area contributed by atoms with Gasteiger partial charge in [-0.25, -0.2) is 9.97 Å². The number of hydrogen-bond acceptors (Lipinski definition) is 3. The molecular formula is C44H27N3O. The highest BCUT2D eigenvalue weighted by Gasteiger charge is 2.36. The molecule has 9 aromatic rings. The first-order chi connectivity index (χ1) is 23.5. The number of hydrogen-bond donors (Lipinski definition) is 0. The molecule has 6 aromatic carbocycles. The van der Waals surface area contributed by atoms with Crippen molar-refractivity contribution in [3.63, 3.8) is 0 Å². The van der Waals surface area contributed by atoms with Crippen LogP contribution in [-0.4, -0.2) is 14.5 Å². The third-order valence-corrected chi connectivity index (χ3v) is 10.5. The van der Waals surface area contributed by atoms with Crippen molar-refractivity contribution in [2.75, 3.05) is 0 Å². The van der Waals surface area contributed by atoms with Crippen LogP contribution in [0, 0.1) is 0 Å². The average molecular weight is 614 g/mol. The summed E-state index contributed by atoms with van der Waals surface area (Å²) < 4.78 is 8.94. The van der Waals surface area contributed by atoms with E-state index in [1.807, 2.05) is 12.1 Å². The van der Waals surface area contributed by atoms with E-state index in [0.717, 1.165) is 55.7 Å². The number of benzene rings is 6. The van der Waals surface area contributed by atoms with Crippen LogP contribution in [0.5, 0.6) is 0 Å².